The van der Waals surface area contributed by atoms with Gasteiger partial charge in [0.1, 0.15) is 5.75 Å². The van der Waals surface area contributed by atoms with Crippen molar-refractivity contribution < 1.29 is 114 Å². The summed E-state index contributed by atoms with van der Waals surface area (Å²) in [5.74, 6) is 3.01. The van der Waals surface area contributed by atoms with Gasteiger partial charge in [-0.25, -0.2) is 0 Å². The van der Waals surface area contributed by atoms with E-state index in [1.807, 2.05) is 18.2 Å². The number of halogens is 2. The van der Waals surface area contributed by atoms with Gasteiger partial charge in [-0.1, -0.05) is 12.1 Å². The molecule has 1 N–H and O–H groups in total. The number of pyridine rings is 1. The molecule has 6 rings (SSSR count). The summed E-state index contributed by atoms with van der Waals surface area (Å²) >= 11 is 0. The minimum Gasteiger partial charge on any atom is -1.00 e. The second kappa shape index (κ2) is 16.9. The summed E-state index contributed by atoms with van der Waals surface area (Å²) in [6.07, 6.45) is 6.99. The molecule has 0 bridgehead atoms. The SMILES string of the molecule is COc1ccc2cc3[n+](cc2c1OCCCCCCOc1cccc(CC(=O)O)c1)CCc1cc2c(cc1-3)OCO2.[Cl-].[Cl-].[K+]. The van der Waals surface area contributed by atoms with Gasteiger partial charge in [-0.05, 0) is 78.6 Å². The number of rotatable bonds is 12. The molecule has 2 aliphatic heterocycles. The molecule has 11 heteroatoms. The number of hydrogen-bond donors (Lipinski definition) is 1. The van der Waals surface area contributed by atoms with Crippen LogP contribution in [0.3, 0.4) is 0 Å². The normalized spacial score (nSPS) is 12.1. The number of carbonyl (C=O) groups is 1. The fourth-order valence-electron chi connectivity index (χ4n) is 5.55. The molecule has 0 saturated carbocycles. The second-order valence-corrected chi connectivity index (χ2v) is 10.4. The van der Waals surface area contributed by atoms with Crippen molar-refractivity contribution in [3.63, 3.8) is 0 Å². The van der Waals surface area contributed by atoms with E-state index in [4.69, 9.17) is 28.8 Å². The van der Waals surface area contributed by atoms with Crippen molar-refractivity contribution in [3.8, 4) is 40.0 Å². The maximum Gasteiger partial charge on any atom is 1.00 e. The van der Waals surface area contributed by atoms with E-state index in [0.29, 0.717) is 19.0 Å². The van der Waals surface area contributed by atoms with Crippen LogP contribution in [-0.2, 0) is 24.2 Å². The van der Waals surface area contributed by atoms with Crippen LogP contribution in [0.15, 0.2) is 60.8 Å². The maximum absolute atomic E-state index is 10.9. The second-order valence-electron chi connectivity index (χ2n) is 10.4. The van der Waals surface area contributed by atoms with Crippen LogP contribution < -0.4 is 104 Å². The average molecular weight is 667 g/mol. The minimum absolute atomic E-state index is 0. The van der Waals surface area contributed by atoms with Crippen LogP contribution in [0.5, 0.6) is 28.7 Å². The fraction of sp³-hybridized carbons (Fsp3) is 0.333. The molecular weight excluding hydrogens is 632 g/mol. The van der Waals surface area contributed by atoms with E-state index in [9.17, 15) is 4.79 Å². The first kappa shape index (κ1) is 36.2. The van der Waals surface area contributed by atoms with E-state index in [1.165, 1.54) is 11.1 Å². The van der Waals surface area contributed by atoms with E-state index >= 15 is 0 Å². The van der Waals surface area contributed by atoms with Crippen molar-refractivity contribution in [2.75, 3.05) is 27.1 Å². The van der Waals surface area contributed by atoms with Gasteiger partial charge in [0, 0.05) is 12.5 Å². The van der Waals surface area contributed by atoms with Crippen molar-refractivity contribution in [1.82, 2.24) is 0 Å². The molecule has 228 valence electrons. The fourth-order valence-corrected chi connectivity index (χ4v) is 5.55. The van der Waals surface area contributed by atoms with Crippen molar-refractivity contribution in [1.29, 1.82) is 0 Å². The number of hydrogen-bond acceptors (Lipinski definition) is 6. The van der Waals surface area contributed by atoms with Crippen LogP contribution in [0.1, 0.15) is 36.8 Å². The van der Waals surface area contributed by atoms with E-state index in [1.54, 1.807) is 19.2 Å². The Labute approximate surface area is 312 Å². The Morgan fingerprint density at radius 1 is 0.932 bits per heavy atom. The molecule has 0 radical (unpaired) electrons. The number of aromatic nitrogens is 1. The summed E-state index contributed by atoms with van der Waals surface area (Å²) in [6.45, 7) is 2.35. The molecule has 0 amide bonds. The first-order valence-corrected chi connectivity index (χ1v) is 14.1. The summed E-state index contributed by atoms with van der Waals surface area (Å²) in [5, 5.41) is 11.1. The Morgan fingerprint density at radius 3 is 2.43 bits per heavy atom. The quantitative estimate of drug-likeness (QED) is 0.0967. The molecule has 1 aromatic heterocycles. The molecule has 4 aromatic rings. The number of aryl methyl sites for hydroxylation is 2. The van der Waals surface area contributed by atoms with Gasteiger partial charge < -0.3 is 53.6 Å². The third-order valence-electron chi connectivity index (χ3n) is 7.60. The molecule has 8 nitrogen and oxygen atoms in total. The number of benzene rings is 3. The Morgan fingerprint density at radius 2 is 1.68 bits per heavy atom. The van der Waals surface area contributed by atoms with Crippen LogP contribution in [0.4, 0.5) is 0 Å². The minimum atomic E-state index is -0.844. The summed E-state index contributed by atoms with van der Waals surface area (Å²) in [5.41, 5.74) is 4.35. The summed E-state index contributed by atoms with van der Waals surface area (Å²) < 4.78 is 31.3. The van der Waals surface area contributed by atoms with Crippen LogP contribution in [0.25, 0.3) is 22.0 Å². The maximum atomic E-state index is 10.9. The summed E-state index contributed by atoms with van der Waals surface area (Å²) in [7, 11) is 1.68. The van der Waals surface area contributed by atoms with Gasteiger partial charge in [0.15, 0.2) is 35.7 Å². The number of ether oxygens (including phenoxy) is 5. The number of nitrogens with zero attached hydrogens (tertiary/aromatic N) is 1. The average Bonchev–Trinajstić information content (AvgIpc) is 3.44. The van der Waals surface area contributed by atoms with E-state index in [2.05, 4.69) is 35.0 Å². The number of carboxylic acids is 1. The molecule has 0 saturated heterocycles. The van der Waals surface area contributed by atoms with Gasteiger partial charge in [-0.15, -0.1) is 0 Å². The largest absolute Gasteiger partial charge is 1.00 e. The van der Waals surface area contributed by atoms with Gasteiger partial charge in [0.2, 0.25) is 12.5 Å². The topological polar surface area (TPSA) is 87.3 Å². The molecule has 0 unspecified atom stereocenters. The van der Waals surface area contributed by atoms with E-state index < -0.39 is 5.97 Å². The van der Waals surface area contributed by atoms with Crippen molar-refractivity contribution in [2.45, 2.75) is 45.1 Å². The van der Waals surface area contributed by atoms with E-state index in [-0.39, 0.29) is 89.4 Å². The van der Waals surface area contributed by atoms with Gasteiger partial charge in [0.05, 0.1) is 37.7 Å². The zero-order chi connectivity index (χ0) is 28.2. The summed E-state index contributed by atoms with van der Waals surface area (Å²) in [6, 6.07) is 17.8. The van der Waals surface area contributed by atoms with Crippen molar-refractivity contribution >= 4 is 16.7 Å². The van der Waals surface area contributed by atoms with Gasteiger partial charge in [-0.2, -0.15) is 4.57 Å². The zero-order valence-corrected chi connectivity index (χ0v) is 29.6. The molecule has 3 aromatic carbocycles. The predicted molar refractivity (Wildman–Crippen MR) is 153 cm³/mol. The number of fused-ring (bicyclic) bond motifs is 5. The smallest absolute Gasteiger partial charge is 1.00 e. The standard InChI is InChI=1S/C33H33NO7.2ClH.K/c1-37-29-10-9-23-17-28-26-19-31-30(40-21-41-31)18-24(26)11-12-34(28)20-27(23)33(29)39-14-5-3-2-4-13-38-25-8-6-7-22(15-25)16-32(35)36;;;/h6-10,15,17-20H,2-5,11-14,16,21H2,1H3;2*1H;/q;;;+1/p-1. The number of aliphatic carboxylic acids is 1. The van der Waals surface area contributed by atoms with Gasteiger partial charge in [0.25, 0.3) is 0 Å². The molecule has 0 aliphatic carbocycles. The van der Waals surface area contributed by atoms with Crippen molar-refractivity contribution in [2.24, 2.45) is 0 Å². The van der Waals surface area contributed by atoms with Crippen LogP contribution >= 0.6 is 0 Å². The summed E-state index contributed by atoms with van der Waals surface area (Å²) in [4.78, 5) is 10.9. The molecular formula is C33H34Cl2KNO7. The Balaban J connectivity index is 0.00000176. The Kier molecular flexibility index (Phi) is 13.9. The third-order valence-corrected chi connectivity index (χ3v) is 7.60. The first-order chi connectivity index (χ1) is 20.1. The number of methoxy groups -OCH3 is 1. The van der Waals surface area contributed by atoms with Crippen LogP contribution in [0, 0.1) is 0 Å². The molecule has 0 atom stereocenters. The van der Waals surface area contributed by atoms with E-state index in [0.717, 1.165) is 83.7 Å². The number of carboxylic acid groups (broad SMARTS) is 1. The molecule has 0 fully saturated rings. The van der Waals surface area contributed by atoms with Gasteiger partial charge in [-0.3, -0.25) is 4.79 Å². The number of unbranched alkanes of at least 4 members (excludes halogenated alkanes) is 3. The van der Waals surface area contributed by atoms with Crippen LogP contribution in [0.2, 0.25) is 0 Å². The Bertz CT molecular complexity index is 1600. The molecule has 2 aliphatic rings. The van der Waals surface area contributed by atoms with Crippen molar-refractivity contribution in [3.05, 3.63) is 71.9 Å². The monoisotopic (exact) mass is 665 g/mol. The Hall–Kier alpha value is -2.24. The predicted octanol–water partition coefficient (Wildman–Crippen LogP) is -3.25. The molecule has 3 heterocycles. The third kappa shape index (κ3) is 8.31. The zero-order valence-electron chi connectivity index (χ0n) is 24.9. The molecule has 44 heavy (non-hydrogen) atoms. The first-order valence-electron chi connectivity index (χ1n) is 14.1. The van der Waals surface area contributed by atoms with Crippen LogP contribution in [-0.4, -0.2) is 38.2 Å². The van der Waals surface area contributed by atoms with Gasteiger partial charge >= 0.3 is 57.4 Å². The molecule has 0 spiro atoms.